The molecular formula is C16H17NO4S2. The van der Waals surface area contributed by atoms with Gasteiger partial charge in [-0.3, -0.25) is 4.79 Å². The third-order valence-electron chi connectivity index (χ3n) is 4.26. The van der Waals surface area contributed by atoms with Crippen LogP contribution in [0.15, 0.2) is 22.9 Å². The number of aliphatic hydroxyl groups excluding tert-OH is 1. The van der Waals surface area contributed by atoms with Crippen LogP contribution in [-0.2, 0) is 0 Å². The molecule has 1 unspecified atom stereocenters. The summed E-state index contributed by atoms with van der Waals surface area (Å²) in [6.45, 7) is 0.982. The minimum absolute atomic E-state index is 0.0619. The van der Waals surface area contributed by atoms with Crippen molar-refractivity contribution in [2.24, 2.45) is 5.92 Å². The standard InChI is InChI=1S/C16H17NO4S2/c18-10-6-9(7-10)13(12-2-1-5-22-12)17-16(19)15-14-11(8-23-15)20-3-4-21-14/h1-2,5,8-10,13,18H,3-4,6-7H2,(H,17,19). The highest BCUT2D eigenvalue weighted by molar-refractivity contribution is 7.12. The number of hydrogen-bond acceptors (Lipinski definition) is 6. The van der Waals surface area contributed by atoms with E-state index in [0.29, 0.717) is 29.6 Å². The monoisotopic (exact) mass is 351 g/mol. The topological polar surface area (TPSA) is 67.8 Å². The first-order valence-electron chi connectivity index (χ1n) is 7.62. The molecule has 7 heteroatoms. The fourth-order valence-corrected chi connectivity index (χ4v) is 4.72. The van der Waals surface area contributed by atoms with E-state index in [4.69, 9.17) is 9.47 Å². The molecule has 0 bridgehead atoms. The van der Waals surface area contributed by atoms with Crippen molar-refractivity contribution < 1.29 is 19.4 Å². The molecule has 1 aliphatic carbocycles. The number of ether oxygens (including phenoxy) is 2. The van der Waals surface area contributed by atoms with Gasteiger partial charge in [0.1, 0.15) is 18.1 Å². The molecule has 1 amide bonds. The zero-order chi connectivity index (χ0) is 15.8. The maximum Gasteiger partial charge on any atom is 0.265 e. The van der Waals surface area contributed by atoms with E-state index in [-0.39, 0.29) is 24.0 Å². The van der Waals surface area contributed by atoms with E-state index in [1.54, 1.807) is 11.3 Å². The van der Waals surface area contributed by atoms with E-state index in [2.05, 4.69) is 5.32 Å². The van der Waals surface area contributed by atoms with Crippen LogP contribution in [0.2, 0.25) is 0 Å². The molecular weight excluding hydrogens is 334 g/mol. The molecule has 3 heterocycles. The van der Waals surface area contributed by atoms with Crippen LogP contribution >= 0.6 is 22.7 Å². The molecule has 4 rings (SSSR count). The molecule has 2 N–H and O–H groups in total. The van der Waals surface area contributed by atoms with Crippen LogP contribution < -0.4 is 14.8 Å². The van der Waals surface area contributed by atoms with Crippen LogP contribution in [0.25, 0.3) is 0 Å². The second-order valence-corrected chi connectivity index (χ2v) is 7.67. The van der Waals surface area contributed by atoms with Crippen LogP contribution in [0.4, 0.5) is 0 Å². The first-order valence-corrected chi connectivity index (χ1v) is 9.37. The van der Waals surface area contributed by atoms with Gasteiger partial charge >= 0.3 is 0 Å². The summed E-state index contributed by atoms with van der Waals surface area (Å²) in [4.78, 5) is 14.4. The largest absolute Gasteiger partial charge is 0.485 e. The van der Waals surface area contributed by atoms with Crippen LogP contribution in [0.3, 0.4) is 0 Å². The normalized spacial score (nSPS) is 23.9. The number of rotatable bonds is 4. The van der Waals surface area contributed by atoms with Crippen molar-refractivity contribution in [1.82, 2.24) is 5.32 Å². The molecule has 1 aliphatic heterocycles. The zero-order valence-corrected chi connectivity index (χ0v) is 14.0. The molecule has 1 saturated carbocycles. The summed E-state index contributed by atoms with van der Waals surface area (Å²) in [5, 5.41) is 16.6. The van der Waals surface area contributed by atoms with Gasteiger partial charge in [0.05, 0.1) is 12.1 Å². The minimum atomic E-state index is -0.245. The van der Waals surface area contributed by atoms with Gasteiger partial charge in [0, 0.05) is 10.3 Å². The zero-order valence-electron chi connectivity index (χ0n) is 12.4. The molecule has 0 aromatic carbocycles. The number of carbonyl (C=O) groups is 1. The predicted octanol–water partition coefficient (Wildman–Crippen LogP) is 2.82. The van der Waals surface area contributed by atoms with Crippen LogP contribution in [0.1, 0.15) is 33.4 Å². The Balaban J connectivity index is 1.54. The molecule has 2 aromatic rings. The Bertz CT molecular complexity index is 691. The number of hydrogen-bond donors (Lipinski definition) is 2. The smallest absolute Gasteiger partial charge is 0.265 e. The Hall–Kier alpha value is -1.57. The molecule has 2 aromatic heterocycles. The van der Waals surface area contributed by atoms with Crippen LogP contribution in [0.5, 0.6) is 11.5 Å². The van der Waals surface area contributed by atoms with Gasteiger partial charge in [-0.1, -0.05) is 6.07 Å². The second-order valence-electron chi connectivity index (χ2n) is 5.81. The number of amides is 1. The van der Waals surface area contributed by atoms with Crippen molar-refractivity contribution >= 4 is 28.6 Å². The van der Waals surface area contributed by atoms with Crippen molar-refractivity contribution in [1.29, 1.82) is 0 Å². The maximum atomic E-state index is 12.7. The number of thiophene rings is 2. The maximum absolute atomic E-state index is 12.7. The summed E-state index contributed by atoms with van der Waals surface area (Å²) in [6, 6.07) is 3.95. The second kappa shape index (κ2) is 6.14. The van der Waals surface area contributed by atoms with Gasteiger partial charge in [0.2, 0.25) is 0 Å². The number of carbonyl (C=O) groups excluding carboxylic acids is 1. The van der Waals surface area contributed by atoms with Gasteiger partial charge in [-0.15, -0.1) is 22.7 Å². The van der Waals surface area contributed by atoms with Gasteiger partial charge in [-0.05, 0) is 30.2 Å². The van der Waals surface area contributed by atoms with E-state index in [9.17, 15) is 9.90 Å². The summed E-state index contributed by atoms with van der Waals surface area (Å²) in [5.41, 5.74) is 0. The third kappa shape index (κ3) is 2.84. The molecule has 0 saturated heterocycles. The van der Waals surface area contributed by atoms with Crippen molar-refractivity contribution in [3.63, 3.8) is 0 Å². The Labute approximate surface area is 141 Å². The molecule has 23 heavy (non-hydrogen) atoms. The van der Waals surface area contributed by atoms with Gasteiger partial charge in [0.25, 0.3) is 5.91 Å². The highest BCUT2D eigenvalue weighted by Gasteiger charge is 2.37. The SMILES string of the molecule is O=C(NC(c1cccs1)C1CC(O)C1)c1scc2c1OCCO2. The van der Waals surface area contributed by atoms with Crippen molar-refractivity contribution in [3.8, 4) is 11.5 Å². The summed E-state index contributed by atoms with van der Waals surface area (Å²) >= 11 is 2.97. The van der Waals surface area contributed by atoms with E-state index in [0.717, 1.165) is 17.7 Å². The Morgan fingerprint density at radius 2 is 2.13 bits per heavy atom. The summed E-state index contributed by atoms with van der Waals surface area (Å²) in [6.07, 6.45) is 1.21. The molecule has 2 aliphatic rings. The van der Waals surface area contributed by atoms with E-state index >= 15 is 0 Å². The summed E-state index contributed by atoms with van der Waals surface area (Å²) in [7, 11) is 0. The van der Waals surface area contributed by atoms with E-state index < -0.39 is 0 Å². The lowest BCUT2D eigenvalue weighted by Gasteiger charge is -2.37. The van der Waals surface area contributed by atoms with Gasteiger partial charge < -0.3 is 19.9 Å². The molecule has 1 fully saturated rings. The lowest BCUT2D eigenvalue weighted by Crippen LogP contribution is -2.41. The Morgan fingerprint density at radius 3 is 2.87 bits per heavy atom. The molecule has 0 spiro atoms. The molecule has 5 nitrogen and oxygen atoms in total. The molecule has 1 atom stereocenters. The lowest BCUT2D eigenvalue weighted by atomic mass is 9.76. The third-order valence-corrected chi connectivity index (χ3v) is 6.16. The Morgan fingerprint density at radius 1 is 1.30 bits per heavy atom. The van der Waals surface area contributed by atoms with E-state index in [1.165, 1.54) is 11.3 Å². The fourth-order valence-electron chi connectivity index (χ4n) is 3.02. The van der Waals surface area contributed by atoms with Crippen LogP contribution in [-0.4, -0.2) is 30.3 Å². The molecule has 0 radical (unpaired) electrons. The van der Waals surface area contributed by atoms with Gasteiger partial charge in [-0.2, -0.15) is 0 Å². The number of fused-ring (bicyclic) bond motifs is 1. The average Bonchev–Trinajstić information content (AvgIpc) is 3.18. The average molecular weight is 351 g/mol. The van der Waals surface area contributed by atoms with Crippen molar-refractivity contribution in [2.45, 2.75) is 25.0 Å². The number of nitrogens with one attached hydrogen (secondary N) is 1. The first-order chi connectivity index (χ1) is 11.2. The van der Waals surface area contributed by atoms with Gasteiger partial charge in [0.15, 0.2) is 11.5 Å². The minimum Gasteiger partial charge on any atom is -0.485 e. The predicted molar refractivity (Wildman–Crippen MR) is 88.6 cm³/mol. The van der Waals surface area contributed by atoms with Gasteiger partial charge in [-0.25, -0.2) is 0 Å². The summed E-state index contributed by atoms with van der Waals surface area (Å²) < 4.78 is 11.1. The fraction of sp³-hybridized carbons (Fsp3) is 0.438. The van der Waals surface area contributed by atoms with Crippen molar-refractivity contribution in [2.75, 3.05) is 13.2 Å². The quantitative estimate of drug-likeness (QED) is 0.889. The Kier molecular flexibility index (Phi) is 4.00. The highest BCUT2D eigenvalue weighted by atomic mass is 32.1. The van der Waals surface area contributed by atoms with Crippen LogP contribution in [0, 0.1) is 5.92 Å². The molecule has 122 valence electrons. The summed E-state index contributed by atoms with van der Waals surface area (Å²) in [5.74, 6) is 1.34. The number of aliphatic hydroxyl groups is 1. The first kappa shape index (κ1) is 15.0. The highest BCUT2D eigenvalue weighted by Crippen LogP contribution is 2.42. The van der Waals surface area contributed by atoms with E-state index in [1.807, 2.05) is 22.9 Å². The van der Waals surface area contributed by atoms with Crippen molar-refractivity contribution in [3.05, 3.63) is 32.6 Å². The lowest BCUT2D eigenvalue weighted by molar-refractivity contribution is 0.0241.